The number of thiol groups is 3. The van der Waals surface area contributed by atoms with E-state index in [0.29, 0.717) is 0 Å². The van der Waals surface area contributed by atoms with Gasteiger partial charge in [-0.15, -0.1) is 0 Å². The number of nitrogens with two attached hydrogens (primary N) is 2. The summed E-state index contributed by atoms with van der Waals surface area (Å²) < 4.78 is 3.98. The van der Waals surface area contributed by atoms with Crippen molar-refractivity contribution in [3.05, 3.63) is 0 Å². The Morgan fingerprint density at radius 3 is 1.67 bits per heavy atom. The number of carbonyl (C=O) groups excluding carboxylic acids is 1. The third-order valence-electron chi connectivity index (χ3n) is 1.10. The molecule has 90 valence electrons. The molecule has 0 saturated carbocycles. The first-order valence-corrected chi connectivity index (χ1v) is 5.34. The fourth-order valence-corrected chi connectivity index (χ4v) is 0.661. The summed E-state index contributed by atoms with van der Waals surface area (Å²) >= 11 is 10.6. The van der Waals surface area contributed by atoms with Crippen molar-refractivity contribution in [2.45, 2.75) is 12.1 Å². The monoisotopic (exact) mass is 274 g/mol. The lowest BCUT2D eigenvalue weighted by Crippen LogP contribution is -2.32. The number of carboxylic acids is 1. The van der Waals surface area contributed by atoms with Gasteiger partial charge < -0.3 is 20.8 Å². The molecule has 0 amide bonds. The van der Waals surface area contributed by atoms with Crippen molar-refractivity contribution in [1.82, 2.24) is 0 Å². The number of rotatable bonds is 4. The molecule has 9 heteroatoms. The van der Waals surface area contributed by atoms with Crippen LogP contribution in [0.3, 0.4) is 0 Å². The van der Waals surface area contributed by atoms with Gasteiger partial charge in [-0.2, -0.15) is 25.3 Å². The van der Waals surface area contributed by atoms with E-state index in [2.05, 4.69) is 42.4 Å². The summed E-state index contributed by atoms with van der Waals surface area (Å²) in [6.45, 7) is 0. The second-order valence-corrected chi connectivity index (χ2v) is 3.24. The Balaban J connectivity index is 0. The average molecular weight is 274 g/mol. The Labute approximate surface area is 104 Å². The minimum absolute atomic E-state index is 0.190. The lowest BCUT2D eigenvalue weighted by atomic mass is 10.4. The van der Waals surface area contributed by atoms with E-state index in [1.165, 1.54) is 0 Å². The first-order chi connectivity index (χ1) is 6.90. The van der Waals surface area contributed by atoms with Crippen molar-refractivity contribution in [3.63, 3.8) is 0 Å². The zero-order chi connectivity index (χ0) is 12.4. The summed E-state index contributed by atoms with van der Waals surface area (Å²) in [6, 6.07) is -1.47. The highest BCUT2D eigenvalue weighted by Gasteiger charge is 2.10. The van der Waals surface area contributed by atoms with Crippen LogP contribution in [0, 0.1) is 0 Å². The predicted octanol–water partition coefficient (Wildman–Crippen LogP) is -1.04. The third-order valence-corrected chi connectivity index (χ3v) is 2.07. The van der Waals surface area contributed by atoms with Crippen LogP contribution in [0.5, 0.6) is 0 Å². The Hall–Kier alpha value is -0.0900. The summed E-state index contributed by atoms with van der Waals surface area (Å²) in [5.41, 5.74) is 10.1. The van der Waals surface area contributed by atoms with Gasteiger partial charge in [-0.05, 0) is 0 Å². The highest BCUT2D eigenvalue weighted by Crippen LogP contribution is 1.89. The average Bonchev–Trinajstić information content (AvgIpc) is 2.26. The SMILES string of the molecule is NC(CS)C(=O)O.NC(CS)C(=O)OS. The number of aliphatic carboxylic acids is 1. The Morgan fingerprint density at radius 1 is 1.20 bits per heavy atom. The Bertz CT molecular complexity index is 205. The van der Waals surface area contributed by atoms with Crippen LogP contribution in [0.25, 0.3) is 0 Å². The molecule has 2 atom stereocenters. The van der Waals surface area contributed by atoms with E-state index < -0.39 is 24.0 Å². The van der Waals surface area contributed by atoms with Crippen molar-refractivity contribution in [3.8, 4) is 0 Å². The first-order valence-electron chi connectivity index (χ1n) is 3.71. The van der Waals surface area contributed by atoms with Crippen molar-refractivity contribution in [2.24, 2.45) is 11.5 Å². The zero-order valence-electron chi connectivity index (χ0n) is 7.74. The molecule has 2 unspecified atom stereocenters. The van der Waals surface area contributed by atoms with Crippen molar-refractivity contribution in [1.29, 1.82) is 0 Å². The molecule has 0 aliphatic rings. The van der Waals surface area contributed by atoms with Gasteiger partial charge in [0.1, 0.15) is 12.1 Å². The number of carboxylic acid groups (broad SMARTS) is 1. The van der Waals surface area contributed by atoms with Crippen LogP contribution in [-0.4, -0.2) is 40.6 Å². The lowest BCUT2D eigenvalue weighted by Gasteiger charge is -2.01. The molecular formula is C6H14N2O4S3. The van der Waals surface area contributed by atoms with Crippen LogP contribution in [-0.2, 0) is 13.8 Å². The molecule has 0 radical (unpaired) electrons. The molecule has 5 N–H and O–H groups in total. The van der Waals surface area contributed by atoms with Crippen LogP contribution >= 0.6 is 38.2 Å². The molecule has 0 fully saturated rings. The van der Waals surface area contributed by atoms with Crippen LogP contribution in [0.2, 0.25) is 0 Å². The normalized spacial score (nSPS) is 13.1. The molecule has 0 aromatic heterocycles. The van der Waals surface area contributed by atoms with Gasteiger partial charge in [0.25, 0.3) is 0 Å². The van der Waals surface area contributed by atoms with Crippen LogP contribution in [0.15, 0.2) is 0 Å². The minimum atomic E-state index is -1.00. The minimum Gasteiger partial charge on any atom is -0.480 e. The second kappa shape index (κ2) is 10.4. The highest BCUT2D eigenvalue weighted by molar-refractivity contribution is 7.80. The first kappa shape index (κ1) is 17.3. The van der Waals surface area contributed by atoms with Crippen molar-refractivity contribution in [2.75, 3.05) is 11.5 Å². The van der Waals surface area contributed by atoms with Crippen LogP contribution in [0.1, 0.15) is 0 Å². The molecule has 6 nitrogen and oxygen atoms in total. The molecule has 0 saturated heterocycles. The van der Waals surface area contributed by atoms with Gasteiger partial charge in [0.05, 0.1) is 0 Å². The quantitative estimate of drug-likeness (QED) is 0.288. The van der Waals surface area contributed by atoms with E-state index >= 15 is 0 Å². The number of carbonyl (C=O) groups is 2. The Kier molecular flexibility index (Phi) is 12.0. The fraction of sp³-hybridized carbons (Fsp3) is 0.667. The van der Waals surface area contributed by atoms with Crippen LogP contribution in [0.4, 0.5) is 0 Å². The molecule has 0 aliphatic carbocycles. The predicted molar refractivity (Wildman–Crippen MR) is 66.4 cm³/mol. The van der Waals surface area contributed by atoms with Gasteiger partial charge in [0, 0.05) is 24.4 Å². The molecule has 0 rings (SSSR count). The molecule has 0 aliphatic heterocycles. The lowest BCUT2D eigenvalue weighted by molar-refractivity contribution is -0.138. The summed E-state index contributed by atoms with van der Waals surface area (Å²) in [6.07, 6.45) is 0. The Morgan fingerprint density at radius 2 is 1.60 bits per heavy atom. The fourth-order valence-electron chi connectivity index (χ4n) is 0.220. The molecule has 0 aromatic carbocycles. The van der Waals surface area contributed by atoms with Gasteiger partial charge in [-0.1, -0.05) is 0 Å². The van der Waals surface area contributed by atoms with Gasteiger partial charge >= 0.3 is 11.9 Å². The van der Waals surface area contributed by atoms with E-state index in [9.17, 15) is 9.59 Å². The largest absolute Gasteiger partial charge is 0.480 e. The summed E-state index contributed by atoms with van der Waals surface area (Å²) in [5.74, 6) is -1.09. The van der Waals surface area contributed by atoms with Crippen molar-refractivity contribution < 1.29 is 18.9 Å². The smallest absolute Gasteiger partial charge is 0.335 e. The molecule has 0 aromatic rings. The summed E-state index contributed by atoms with van der Waals surface area (Å²) in [5, 5.41) is 8.01. The van der Waals surface area contributed by atoms with E-state index in [1.807, 2.05) is 0 Å². The topological polar surface area (TPSA) is 116 Å². The molecular weight excluding hydrogens is 260 g/mol. The highest BCUT2D eigenvalue weighted by atomic mass is 32.1. The third kappa shape index (κ3) is 10.2. The molecule has 15 heavy (non-hydrogen) atoms. The summed E-state index contributed by atoms with van der Waals surface area (Å²) in [7, 11) is 0. The number of hydrogen-bond donors (Lipinski definition) is 6. The van der Waals surface area contributed by atoms with E-state index in [0.717, 1.165) is 0 Å². The molecule has 0 heterocycles. The van der Waals surface area contributed by atoms with Gasteiger partial charge in [0.15, 0.2) is 0 Å². The summed E-state index contributed by atoms with van der Waals surface area (Å²) in [4.78, 5) is 20.0. The van der Waals surface area contributed by atoms with Crippen LogP contribution < -0.4 is 11.5 Å². The number of hydrogen-bond acceptors (Lipinski definition) is 8. The van der Waals surface area contributed by atoms with Gasteiger partial charge in [0.2, 0.25) is 0 Å². The second-order valence-electron chi connectivity index (χ2n) is 2.33. The van der Waals surface area contributed by atoms with E-state index in [-0.39, 0.29) is 11.5 Å². The maximum Gasteiger partial charge on any atom is 0.335 e. The van der Waals surface area contributed by atoms with Gasteiger partial charge in [-0.25, -0.2) is 4.79 Å². The maximum atomic E-state index is 10.3. The van der Waals surface area contributed by atoms with Gasteiger partial charge in [-0.3, -0.25) is 4.79 Å². The van der Waals surface area contributed by atoms with Crippen molar-refractivity contribution >= 4 is 50.1 Å². The molecule has 0 spiro atoms. The maximum absolute atomic E-state index is 10.3. The standard InChI is InChI=1S/C3H7NO2S2.C3H7NO2S/c4-2(1-7)3(5)6-8;4-2(1-7)3(5)6/h2,7-8H,1,4H2;2,7H,1,4H2,(H,5,6). The molecule has 0 bridgehead atoms. The van der Waals surface area contributed by atoms with E-state index in [1.54, 1.807) is 0 Å². The van der Waals surface area contributed by atoms with E-state index in [4.69, 9.17) is 16.6 Å². The zero-order valence-corrected chi connectivity index (χ0v) is 10.4.